The highest BCUT2D eigenvalue weighted by atomic mass is 79.9. The van der Waals surface area contributed by atoms with Gasteiger partial charge in [-0.25, -0.2) is 0 Å². The van der Waals surface area contributed by atoms with Gasteiger partial charge < -0.3 is 14.7 Å². The molecule has 0 bridgehead atoms. The van der Waals surface area contributed by atoms with Gasteiger partial charge in [-0.3, -0.25) is 4.79 Å². The van der Waals surface area contributed by atoms with Crippen molar-refractivity contribution in [2.45, 2.75) is 19.5 Å². The van der Waals surface area contributed by atoms with Crippen LogP contribution in [0.1, 0.15) is 28.3 Å². The van der Waals surface area contributed by atoms with Crippen molar-refractivity contribution in [1.82, 2.24) is 4.90 Å². The molecule has 0 radical (unpaired) electrons. The van der Waals surface area contributed by atoms with Crippen molar-refractivity contribution >= 4 is 27.4 Å². The number of ether oxygens (including phenoxy) is 1. The number of aryl methyl sites for hydroxylation is 1. The first-order valence-corrected chi connectivity index (χ1v) is 10.5. The summed E-state index contributed by atoms with van der Waals surface area (Å²) < 4.78 is 6.21. The van der Waals surface area contributed by atoms with Gasteiger partial charge >= 0.3 is 0 Å². The molecule has 0 aliphatic carbocycles. The lowest BCUT2D eigenvalue weighted by Crippen LogP contribution is -2.29. The third kappa shape index (κ3) is 3.85. The minimum atomic E-state index is -0.389. The van der Waals surface area contributed by atoms with E-state index in [0.717, 1.165) is 32.5 Å². The monoisotopic (exact) mass is 463 g/mol. The van der Waals surface area contributed by atoms with Crippen molar-refractivity contribution in [2.24, 2.45) is 0 Å². The topological polar surface area (TPSA) is 49.8 Å². The molecule has 0 spiro atoms. The van der Waals surface area contributed by atoms with E-state index in [-0.39, 0.29) is 17.7 Å². The molecule has 1 aliphatic rings. The van der Waals surface area contributed by atoms with Crippen LogP contribution in [0.5, 0.6) is 5.75 Å². The number of methoxy groups -OCH3 is 1. The minimum Gasteiger partial charge on any atom is -0.503 e. The molecule has 1 atom stereocenters. The van der Waals surface area contributed by atoms with Crippen LogP contribution in [0.2, 0.25) is 0 Å². The Kier molecular flexibility index (Phi) is 5.64. The van der Waals surface area contributed by atoms with E-state index in [9.17, 15) is 9.90 Å². The van der Waals surface area contributed by atoms with E-state index in [1.165, 1.54) is 0 Å². The highest BCUT2D eigenvalue weighted by molar-refractivity contribution is 9.10. The average molecular weight is 464 g/mol. The SMILES string of the molecule is COc1ccc(C2=C(O)C(=O)N(Cc3ccc(C)cc3)[C@@H]2c2ccc(Br)cc2)cc1. The maximum absolute atomic E-state index is 13.1. The predicted molar refractivity (Wildman–Crippen MR) is 121 cm³/mol. The molecule has 1 heterocycles. The van der Waals surface area contributed by atoms with E-state index in [1.807, 2.05) is 79.7 Å². The number of aliphatic hydroxyl groups is 1. The van der Waals surface area contributed by atoms with Crippen LogP contribution in [0.4, 0.5) is 0 Å². The number of carbonyl (C=O) groups excluding carboxylic acids is 1. The van der Waals surface area contributed by atoms with Gasteiger partial charge in [0.05, 0.1) is 13.2 Å². The third-order valence-electron chi connectivity index (χ3n) is 5.36. The van der Waals surface area contributed by atoms with Crippen molar-refractivity contribution < 1.29 is 14.6 Å². The number of amides is 1. The maximum Gasteiger partial charge on any atom is 0.290 e. The highest BCUT2D eigenvalue weighted by Gasteiger charge is 2.40. The molecule has 1 aliphatic heterocycles. The summed E-state index contributed by atoms with van der Waals surface area (Å²) in [7, 11) is 1.61. The van der Waals surface area contributed by atoms with Crippen LogP contribution in [0.25, 0.3) is 5.57 Å². The second-order valence-electron chi connectivity index (χ2n) is 7.36. The highest BCUT2D eigenvalue weighted by Crippen LogP contribution is 2.44. The van der Waals surface area contributed by atoms with Gasteiger partial charge in [0.2, 0.25) is 0 Å². The van der Waals surface area contributed by atoms with Gasteiger partial charge in [0.15, 0.2) is 5.76 Å². The lowest BCUT2D eigenvalue weighted by Gasteiger charge is -2.27. The number of carbonyl (C=O) groups is 1. The Labute approximate surface area is 184 Å². The van der Waals surface area contributed by atoms with E-state index >= 15 is 0 Å². The van der Waals surface area contributed by atoms with Crippen LogP contribution in [-0.4, -0.2) is 23.0 Å². The fraction of sp³-hybridized carbons (Fsp3) is 0.160. The van der Waals surface area contributed by atoms with E-state index in [1.54, 1.807) is 12.0 Å². The number of aliphatic hydroxyl groups excluding tert-OH is 1. The zero-order valence-corrected chi connectivity index (χ0v) is 18.4. The van der Waals surface area contributed by atoms with Crippen molar-refractivity contribution in [3.8, 4) is 5.75 Å². The molecule has 0 unspecified atom stereocenters. The van der Waals surface area contributed by atoms with Crippen LogP contribution in [0.3, 0.4) is 0 Å². The molecule has 0 fully saturated rings. The molecule has 3 aromatic carbocycles. The molecule has 0 aromatic heterocycles. The normalized spacial score (nSPS) is 16.3. The summed E-state index contributed by atoms with van der Waals surface area (Å²) in [6.07, 6.45) is 0. The summed E-state index contributed by atoms with van der Waals surface area (Å²) in [5, 5.41) is 10.9. The summed E-state index contributed by atoms with van der Waals surface area (Å²) in [6.45, 7) is 2.44. The molecule has 30 heavy (non-hydrogen) atoms. The summed E-state index contributed by atoms with van der Waals surface area (Å²) >= 11 is 3.47. The Bertz CT molecular complexity index is 1090. The van der Waals surface area contributed by atoms with Crippen LogP contribution in [-0.2, 0) is 11.3 Å². The quantitative estimate of drug-likeness (QED) is 0.518. The lowest BCUT2D eigenvalue weighted by atomic mass is 9.93. The van der Waals surface area contributed by atoms with Gasteiger partial charge in [0.1, 0.15) is 5.75 Å². The fourth-order valence-corrected chi connectivity index (χ4v) is 4.03. The third-order valence-corrected chi connectivity index (χ3v) is 5.89. The average Bonchev–Trinajstić information content (AvgIpc) is 3.01. The van der Waals surface area contributed by atoms with Crippen LogP contribution in [0.15, 0.2) is 83.0 Å². The van der Waals surface area contributed by atoms with Gasteiger partial charge in [0.25, 0.3) is 5.91 Å². The molecule has 4 nitrogen and oxygen atoms in total. The maximum atomic E-state index is 13.1. The smallest absolute Gasteiger partial charge is 0.290 e. The molecule has 152 valence electrons. The summed E-state index contributed by atoms with van der Waals surface area (Å²) in [5.41, 5.74) is 4.52. The second kappa shape index (κ2) is 8.36. The lowest BCUT2D eigenvalue weighted by molar-refractivity contribution is -0.130. The molecule has 3 aromatic rings. The number of benzene rings is 3. The molecule has 4 rings (SSSR count). The molecule has 0 saturated carbocycles. The fourth-order valence-electron chi connectivity index (χ4n) is 3.76. The number of halogens is 1. The van der Waals surface area contributed by atoms with E-state index in [0.29, 0.717) is 12.1 Å². The van der Waals surface area contributed by atoms with Gasteiger partial charge in [-0.15, -0.1) is 0 Å². The van der Waals surface area contributed by atoms with Crippen molar-refractivity contribution in [3.05, 3.63) is 105 Å². The minimum absolute atomic E-state index is 0.208. The Hall–Kier alpha value is -3.05. The second-order valence-corrected chi connectivity index (χ2v) is 8.28. The zero-order valence-electron chi connectivity index (χ0n) is 16.8. The van der Waals surface area contributed by atoms with Crippen molar-refractivity contribution in [2.75, 3.05) is 7.11 Å². The van der Waals surface area contributed by atoms with Crippen molar-refractivity contribution in [1.29, 1.82) is 0 Å². The number of rotatable bonds is 5. The van der Waals surface area contributed by atoms with Crippen molar-refractivity contribution in [3.63, 3.8) is 0 Å². The number of hydrogen-bond donors (Lipinski definition) is 1. The van der Waals surface area contributed by atoms with Gasteiger partial charge in [-0.1, -0.05) is 70.0 Å². The number of hydrogen-bond acceptors (Lipinski definition) is 3. The molecule has 1 N–H and O–H groups in total. The summed E-state index contributed by atoms with van der Waals surface area (Å²) in [6, 6.07) is 23.0. The van der Waals surface area contributed by atoms with Crippen LogP contribution in [0, 0.1) is 6.92 Å². The Morgan fingerprint density at radius 3 is 2.20 bits per heavy atom. The summed E-state index contributed by atoms with van der Waals surface area (Å²) in [4.78, 5) is 14.8. The van der Waals surface area contributed by atoms with Crippen LogP contribution < -0.4 is 4.74 Å². The number of nitrogens with zero attached hydrogens (tertiary/aromatic N) is 1. The van der Waals surface area contributed by atoms with E-state index in [4.69, 9.17) is 4.74 Å². The van der Waals surface area contributed by atoms with Gasteiger partial charge in [0, 0.05) is 16.6 Å². The Morgan fingerprint density at radius 1 is 0.967 bits per heavy atom. The molecule has 1 amide bonds. The molecule has 5 heteroatoms. The Morgan fingerprint density at radius 2 is 1.60 bits per heavy atom. The predicted octanol–water partition coefficient (Wildman–Crippen LogP) is 5.82. The first-order chi connectivity index (χ1) is 14.5. The zero-order chi connectivity index (χ0) is 21.3. The largest absolute Gasteiger partial charge is 0.503 e. The first-order valence-electron chi connectivity index (χ1n) is 9.67. The molecular weight excluding hydrogens is 442 g/mol. The van der Waals surface area contributed by atoms with Crippen LogP contribution >= 0.6 is 15.9 Å². The van der Waals surface area contributed by atoms with Gasteiger partial charge in [-0.05, 0) is 47.9 Å². The molecule has 0 saturated heterocycles. The van der Waals surface area contributed by atoms with Gasteiger partial charge in [-0.2, -0.15) is 0 Å². The summed E-state index contributed by atoms with van der Waals surface area (Å²) in [5.74, 6) is 0.148. The standard InChI is InChI=1S/C25H22BrNO3/c1-16-3-5-17(6-4-16)15-27-23(19-7-11-20(26)12-8-19)22(24(28)25(27)29)18-9-13-21(30-2)14-10-18/h3-14,23,28H,15H2,1-2H3/t23-/m1/s1. The van der Waals surface area contributed by atoms with E-state index in [2.05, 4.69) is 15.9 Å². The molecular formula is C25H22BrNO3. The Balaban J connectivity index is 1.79. The first kappa shape index (κ1) is 20.2. The van der Waals surface area contributed by atoms with E-state index < -0.39 is 0 Å².